The van der Waals surface area contributed by atoms with Gasteiger partial charge in [0.25, 0.3) is 5.91 Å². The minimum absolute atomic E-state index is 0.0158. The van der Waals surface area contributed by atoms with E-state index >= 15 is 0 Å². The summed E-state index contributed by atoms with van der Waals surface area (Å²) < 4.78 is 40.2. The summed E-state index contributed by atoms with van der Waals surface area (Å²) in [4.78, 5) is 28.4. The molecule has 0 spiro atoms. The van der Waals surface area contributed by atoms with Gasteiger partial charge in [-0.1, -0.05) is 43.7 Å². The van der Waals surface area contributed by atoms with Gasteiger partial charge in [-0.3, -0.25) is 15.0 Å². The lowest BCUT2D eigenvalue weighted by Gasteiger charge is -2.20. The molecule has 2 heterocycles. The maximum atomic E-state index is 13.4. The van der Waals surface area contributed by atoms with Crippen molar-refractivity contribution >= 4 is 17.6 Å². The molecule has 0 radical (unpaired) electrons. The molecule has 0 atom stereocenters. The molecule has 2 amide bonds. The summed E-state index contributed by atoms with van der Waals surface area (Å²) in [5.74, 6) is -0.923. The molecule has 3 rings (SSSR count). The number of rotatable bonds is 3. The van der Waals surface area contributed by atoms with E-state index in [1.54, 1.807) is 38.1 Å². The number of alkyl halides is 3. The van der Waals surface area contributed by atoms with Crippen molar-refractivity contribution in [3.63, 3.8) is 0 Å². The van der Waals surface area contributed by atoms with Gasteiger partial charge >= 0.3 is 6.18 Å². The van der Waals surface area contributed by atoms with Crippen LogP contribution < -0.4 is 5.43 Å². The van der Waals surface area contributed by atoms with E-state index in [4.69, 9.17) is 0 Å². The minimum atomic E-state index is -4.59. The van der Waals surface area contributed by atoms with Gasteiger partial charge in [-0.15, -0.1) is 0 Å². The van der Waals surface area contributed by atoms with Crippen molar-refractivity contribution in [3.8, 4) is 11.3 Å². The predicted octanol–water partition coefficient (Wildman–Crippen LogP) is 4.19. The Kier molecular flexibility index (Phi) is 4.45. The van der Waals surface area contributed by atoms with Crippen molar-refractivity contribution in [2.45, 2.75) is 33.4 Å². The number of halogens is 3. The molecule has 0 saturated carbocycles. The van der Waals surface area contributed by atoms with Crippen LogP contribution in [0.2, 0.25) is 0 Å². The second-order valence-corrected chi connectivity index (χ2v) is 7.16. The number of aromatic nitrogens is 1. The molecular weight excluding hydrogens is 359 g/mol. The highest BCUT2D eigenvalue weighted by Crippen LogP contribution is 2.37. The molecule has 1 aliphatic heterocycles. The fourth-order valence-electron chi connectivity index (χ4n) is 2.86. The Morgan fingerprint density at radius 2 is 1.70 bits per heavy atom. The van der Waals surface area contributed by atoms with Crippen LogP contribution in [0.5, 0.6) is 0 Å². The van der Waals surface area contributed by atoms with E-state index in [2.05, 4.69) is 10.4 Å². The topological polar surface area (TPSA) is 62.3 Å². The predicted molar refractivity (Wildman–Crippen MR) is 93.3 cm³/mol. The van der Waals surface area contributed by atoms with E-state index in [0.717, 1.165) is 22.7 Å². The SMILES string of the molecule is Cc1ccc(-c2nc(NN3C(=O)CC(C)(C)C3=O)ccc2C(F)(F)F)cc1. The lowest BCUT2D eigenvalue weighted by molar-refractivity contribution is -0.139. The van der Waals surface area contributed by atoms with Crippen molar-refractivity contribution in [1.29, 1.82) is 0 Å². The summed E-state index contributed by atoms with van der Waals surface area (Å²) in [5, 5.41) is 0.814. The molecule has 1 N–H and O–H groups in total. The summed E-state index contributed by atoms with van der Waals surface area (Å²) in [5.41, 5.74) is 1.71. The van der Waals surface area contributed by atoms with Gasteiger partial charge in [0, 0.05) is 12.0 Å². The van der Waals surface area contributed by atoms with Gasteiger partial charge < -0.3 is 0 Å². The van der Waals surface area contributed by atoms with E-state index in [1.807, 2.05) is 6.92 Å². The maximum Gasteiger partial charge on any atom is 0.418 e. The third-order valence-electron chi connectivity index (χ3n) is 4.38. The monoisotopic (exact) mass is 377 g/mol. The molecule has 5 nitrogen and oxygen atoms in total. The minimum Gasteiger partial charge on any atom is -0.272 e. The molecule has 1 aromatic carbocycles. The Labute approximate surface area is 154 Å². The molecule has 0 bridgehead atoms. The average molecular weight is 377 g/mol. The van der Waals surface area contributed by atoms with Gasteiger partial charge in [-0.05, 0) is 19.1 Å². The summed E-state index contributed by atoms with van der Waals surface area (Å²) in [6.45, 7) is 5.09. The van der Waals surface area contributed by atoms with Crippen LogP contribution in [0.25, 0.3) is 11.3 Å². The molecule has 0 aliphatic carbocycles. The number of nitrogens with zero attached hydrogens (tertiary/aromatic N) is 2. The second-order valence-electron chi connectivity index (χ2n) is 7.16. The van der Waals surface area contributed by atoms with E-state index in [0.29, 0.717) is 0 Å². The number of hydrogen-bond donors (Lipinski definition) is 1. The van der Waals surface area contributed by atoms with Gasteiger partial charge in [0.05, 0.1) is 16.7 Å². The third-order valence-corrected chi connectivity index (χ3v) is 4.38. The van der Waals surface area contributed by atoms with Gasteiger partial charge in [0.2, 0.25) is 5.91 Å². The number of pyridine rings is 1. The first-order chi connectivity index (χ1) is 12.5. The van der Waals surface area contributed by atoms with E-state index in [1.165, 1.54) is 0 Å². The first-order valence-corrected chi connectivity index (χ1v) is 8.28. The van der Waals surface area contributed by atoms with E-state index in [9.17, 15) is 22.8 Å². The largest absolute Gasteiger partial charge is 0.418 e. The van der Waals surface area contributed by atoms with Gasteiger partial charge in [-0.2, -0.15) is 18.2 Å². The van der Waals surface area contributed by atoms with Gasteiger partial charge in [-0.25, -0.2) is 4.98 Å². The lowest BCUT2D eigenvalue weighted by Crippen LogP contribution is -2.38. The van der Waals surface area contributed by atoms with Crippen molar-refractivity contribution in [1.82, 2.24) is 9.99 Å². The fourth-order valence-corrected chi connectivity index (χ4v) is 2.86. The van der Waals surface area contributed by atoms with E-state index < -0.39 is 29.0 Å². The standard InChI is InChI=1S/C19H18F3N3O2/c1-11-4-6-12(7-5-11)16-13(19(20,21)22)8-9-14(23-16)24-25-15(26)10-18(2,3)17(25)27/h4-9H,10H2,1-3H3,(H,23,24). The molecule has 27 heavy (non-hydrogen) atoms. The smallest absolute Gasteiger partial charge is 0.272 e. The lowest BCUT2D eigenvalue weighted by atomic mass is 9.92. The number of aryl methyl sites for hydroxylation is 1. The number of carbonyl (C=O) groups excluding carboxylic acids is 2. The highest BCUT2D eigenvalue weighted by Gasteiger charge is 2.45. The Hall–Kier alpha value is -2.90. The molecule has 1 fully saturated rings. The highest BCUT2D eigenvalue weighted by molar-refractivity contribution is 6.06. The summed E-state index contributed by atoms with van der Waals surface area (Å²) in [6.07, 6.45) is -4.57. The normalized spacial score (nSPS) is 16.7. The number of carbonyl (C=O) groups is 2. The molecule has 1 aliphatic rings. The van der Waals surface area contributed by atoms with E-state index in [-0.39, 0.29) is 23.5 Å². The third kappa shape index (κ3) is 3.65. The van der Waals surface area contributed by atoms with Crippen LogP contribution in [0, 0.1) is 12.3 Å². The average Bonchev–Trinajstić information content (AvgIpc) is 2.76. The van der Waals surface area contributed by atoms with Crippen molar-refractivity contribution < 1.29 is 22.8 Å². The maximum absolute atomic E-state index is 13.4. The quantitative estimate of drug-likeness (QED) is 0.815. The first-order valence-electron chi connectivity index (χ1n) is 8.28. The first kappa shape index (κ1) is 18.9. The van der Waals surface area contributed by atoms with Crippen LogP contribution in [-0.4, -0.2) is 21.8 Å². The molecule has 142 valence electrons. The summed E-state index contributed by atoms with van der Waals surface area (Å²) in [6, 6.07) is 8.46. The number of benzene rings is 1. The van der Waals surface area contributed by atoms with Crippen LogP contribution in [0.4, 0.5) is 19.0 Å². The zero-order valence-electron chi connectivity index (χ0n) is 15.0. The summed E-state index contributed by atoms with van der Waals surface area (Å²) >= 11 is 0. The zero-order valence-corrected chi connectivity index (χ0v) is 15.0. The fraction of sp³-hybridized carbons (Fsp3) is 0.316. The number of amides is 2. The molecule has 1 saturated heterocycles. The molecule has 1 aromatic heterocycles. The molecule has 8 heteroatoms. The Balaban J connectivity index is 2.01. The molecular formula is C19H18F3N3O2. The zero-order chi connectivity index (χ0) is 20.0. The van der Waals surface area contributed by atoms with Crippen LogP contribution in [0.3, 0.4) is 0 Å². The van der Waals surface area contributed by atoms with Crippen molar-refractivity contribution in [3.05, 3.63) is 47.5 Å². The second kappa shape index (κ2) is 6.37. The number of hydrogen-bond acceptors (Lipinski definition) is 4. The molecule has 2 aromatic rings. The molecule has 0 unspecified atom stereocenters. The number of hydrazine groups is 1. The number of anilines is 1. The van der Waals surface area contributed by atoms with Crippen molar-refractivity contribution in [2.75, 3.05) is 5.43 Å². The van der Waals surface area contributed by atoms with Crippen LogP contribution >= 0.6 is 0 Å². The van der Waals surface area contributed by atoms with Gasteiger partial charge in [0.15, 0.2) is 0 Å². The van der Waals surface area contributed by atoms with Gasteiger partial charge in [0.1, 0.15) is 5.82 Å². The Morgan fingerprint density at radius 3 is 2.22 bits per heavy atom. The number of imide groups is 1. The van der Waals surface area contributed by atoms with Crippen LogP contribution in [0.15, 0.2) is 36.4 Å². The van der Waals surface area contributed by atoms with Crippen LogP contribution in [0.1, 0.15) is 31.4 Å². The summed E-state index contributed by atoms with van der Waals surface area (Å²) in [7, 11) is 0. The Bertz CT molecular complexity index is 905. The highest BCUT2D eigenvalue weighted by atomic mass is 19.4. The van der Waals surface area contributed by atoms with Crippen LogP contribution in [-0.2, 0) is 15.8 Å². The Morgan fingerprint density at radius 1 is 1.07 bits per heavy atom. The number of nitrogens with one attached hydrogen (secondary N) is 1. The van der Waals surface area contributed by atoms with Crippen molar-refractivity contribution in [2.24, 2.45) is 5.41 Å².